The normalized spacial score (nSPS) is 27.5. The van der Waals surface area contributed by atoms with Gasteiger partial charge in [0.1, 0.15) is 0 Å². The molecule has 0 bridgehead atoms. The molecule has 1 aromatic rings. The second-order valence-corrected chi connectivity index (χ2v) is 10.5. The zero-order valence-electron chi connectivity index (χ0n) is 12.6. The van der Waals surface area contributed by atoms with E-state index in [0.717, 1.165) is 31.2 Å². The minimum absolute atomic E-state index is 0.0379. The van der Waals surface area contributed by atoms with Crippen LogP contribution in [0.25, 0.3) is 0 Å². The molecule has 7 heteroatoms. The molecule has 0 saturated carbocycles. The van der Waals surface area contributed by atoms with E-state index in [1.165, 1.54) is 5.56 Å². The quantitative estimate of drug-likeness (QED) is 0.900. The highest BCUT2D eigenvalue weighted by molar-refractivity contribution is 7.92. The molecule has 1 atom stereocenters. The Balaban J connectivity index is 1.87. The lowest BCUT2D eigenvalue weighted by Gasteiger charge is -2.24. The highest BCUT2D eigenvalue weighted by Gasteiger charge is 2.41. The highest BCUT2D eigenvalue weighted by Crippen LogP contribution is 2.27. The summed E-state index contributed by atoms with van der Waals surface area (Å²) in [6.07, 6.45) is 4.45. The third kappa shape index (κ3) is 3.21. The molecule has 0 aromatic heterocycles. The predicted octanol–water partition coefficient (Wildman–Crippen LogP) is 1.42. The van der Waals surface area contributed by atoms with Crippen LogP contribution < -0.4 is 4.72 Å². The van der Waals surface area contributed by atoms with Crippen LogP contribution in [0.2, 0.25) is 0 Å². The van der Waals surface area contributed by atoms with Gasteiger partial charge in [-0.1, -0.05) is 6.07 Å². The van der Waals surface area contributed by atoms with Crippen LogP contribution in [0.3, 0.4) is 0 Å². The lowest BCUT2D eigenvalue weighted by molar-refractivity contribution is 0.461. The van der Waals surface area contributed by atoms with Gasteiger partial charge in [-0.15, -0.1) is 0 Å². The van der Waals surface area contributed by atoms with Gasteiger partial charge in [0.05, 0.1) is 16.4 Å². The monoisotopic (exact) mass is 343 g/mol. The van der Waals surface area contributed by atoms with E-state index < -0.39 is 25.4 Å². The van der Waals surface area contributed by atoms with Gasteiger partial charge in [-0.25, -0.2) is 21.6 Å². The number of hydrogen-bond donors (Lipinski definition) is 1. The first-order valence-corrected chi connectivity index (χ1v) is 10.9. The number of sulfone groups is 1. The zero-order chi connectivity index (χ0) is 16.0. The maximum Gasteiger partial charge on any atom is 0.241 e. The van der Waals surface area contributed by atoms with Gasteiger partial charge < -0.3 is 0 Å². The molecule has 3 rings (SSSR count). The number of hydrogen-bond acceptors (Lipinski definition) is 4. The van der Waals surface area contributed by atoms with Crippen LogP contribution in [0, 0.1) is 0 Å². The van der Waals surface area contributed by atoms with Gasteiger partial charge in [0.25, 0.3) is 0 Å². The highest BCUT2D eigenvalue weighted by atomic mass is 32.2. The minimum atomic E-state index is -3.70. The summed E-state index contributed by atoms with van der Waals surface area (Å²) in [7, 11) is -6.85. The molecular weight excluding hydrogens is 322 g/mol. The number of sulfonamides is 1. The molecule has 1 heterocycles. The number of rotatable bonds is 3. The molecule has 1 fully saturated rings. The largest absolute Gasteiger partial charge is 0.241 e. The molecule has 0 unspecified atom stereocenters. The van der Waals surface area contributed by atoms with Gasteiger partial charge in [0, 0.05) is 5.54 Å². The summed E-state index contributed by atoms with van der Waals surface area (Å²) in [6, 6.07) is 5.25. The summed E-state index contributed by atoms with van der Waals surface area (Å²) in [5.41, 5.74) is 1.41. The Morgan fingerprint density at radius 2 is 1.82 bits per heavy atom. The van der Waals surface area contributed by atoms with Crippen molar-refractivity contribution in [1.29, 1.82) is 0 Å². The van der Waals surface area contributed by atoms with Gasteiger partial charge in [0.15, 0.2) is 9.84 Å². The Morgan fingerprint density at radius 1 is 1.14 bits per heavy atom. The van der Waals surface area contributed by atoms with E-state index in [1.54, 1.807) is 19.1 Å². The Morgan fingerprint density at radius 3 is 2.45 bits per heavy atom. The van der Waals surface area contributed by atoms with Gasteiger partial charge in [-0.05, 0) is 62.3 Å². The molecule has 5 nitrogen and oxygen atoms in total. The molecule has 1 saturated heterocycles. The summed E-state index contributed by atoms with van der Waals surface area (Å²) in [5, 5.41) is 0. The Bertz CT molecular complexity index is 799. The lowest BCUT2D eigenvalue weighted by atomic mass is 9.92. The van der Waals surface area contributed by atoms with Crippen molar-refractivity contribution in [3.8, 4) is 0 Å². The molecule has 2 aliphatic rings. The molecule has 22 heavy (non-hydrogen) atoms. The lowest BCUT2D eigenvalue weighted by Crippen LogP contribution is -2.46. The van der Waals surface area contributed by atoms with Crippen LogP contribution in [0.5, 0.6) is 0 Å². The fourth-order valence-electron chi connectivity index (χ4n) is 3.35. The SMILES string of the molecule is C[C@]1(NS(=O)(=O)c2ccc3c(c2)CCCC3)CCS(=O)(=O)C1. The van der Waals surface area contributed by atoms with Gasteiger partial charge >= 0.3 is 0 Å². The summed E-state index contributed by atoms with van der Waals surface area (Å²) >= 11 is 0. The Labute approximate surface area is 132 Å². The number of nitrogens with one attached hydrogen (secondary N) is 1. The van der Waals surface area contributed by atoms with E-state index in [-0.39, 0.29) is 16.4 Å². The van der Waals surface area contributed by atoms with Crippen molar-refractivity contribution in [1.82, 2.24) is 4.72 Å². The number of fused-ring (bicyclic) bond motifs is 1. The van der Waals surface area contributed by atoms with E-state index in [0.29, 0.717) is 6.42 Å². The van der Waals surface area contributed by atoms with Crippen molar-refractivity contribution in [2.24, 2.45) is 0 Å². The van der Waals surface area contributed by atoms with E-state index >= 15 is 0 Å². The first kappa shape index (κ1) is 16.0. The average molecular weight is 343 g/mol. The van der Waals surface area contributed by atoms with Crippen molar-refractivity contribution in [3.05, 3.63) is 29.3 Å². The van der Waals surface area contributed by atoms with Crippen LogP contribution >= 0.6 is 0 Å². The molecule has 1 aliphatic heterocycles. The van der Waals surface area contributed by atoms with E-state index in [2.05, 4.69) is 4.72 Å². The first-order valence-electron chi connectivity index (χ1n) is 7.55. The molecule has 0 radical (unpaired) electrons. The van der Waals surface area contributed by atoms with Gasteiger partial charge in [0.2, 0.25) is 10.0 Å². The standard InChI is InChI=1S/C15H21NO4S2/c1-15(8-9-21(17,18)11-15)16-22(19,20)14-7-6-12-4-2-3-5-13(12)10-14/h6-7,10,16H,2-5,8-9,11H2,1H3/t15-/m0/s1. The molecule has 1 aliphatic carbocycles. The second kappa shape index (κ2) is 5.32. The Kier molecular flexibility index (Phi) is 3.86. The van der Waals surface area contributed by atoms with E-state index in [9.17, 15) is 16.8 Å². The van der Waals surface area contributed by atoms with Crippen LogP contribution in [-0.2, 0) is 32.7 Å². The van der Waals surface area contributed by atoms with Crippen molar-refractivity contribution in [2.45, 2.75) is 49.5 Å². The van der Waals surface area contributed by atoms with Crippen LogP contribution in [0.4, 0.5) is 0 Å². The third-order valence-electron chi connectivity index (χ3n) is 4.51. The first-order chi connectivity index (χ1) is 10.2. The Hall–Kier alpha value is -0.920. The predicted molar refractivity (Wildman–Crippen MR) is 85.1 cm³/mol. The smallest absolute Gasteiger partial charge is 0.229 e. The van der Waals surface area contributed by atoms with Crippen LogP contribution in [0.1, 0.15) is 37.3 Å². The molecule has 0 amide bonds. The zero-order valence-corrected chi connectivity index (χ0v) is 14.3. The maximum absolute atomic E-state index is 12.6. The van der Waals surface area contributed by atoms with Crippen molar-refractivity contribution >= 4 is 19.9 Å². The van der Waals surface area contributed by atoms with Crippen molar-refractivity contribution in [3.63, 3.8) is 0 Å². The summed E-state index contributed by atoms with van der Waals surface area (Å²) in [4.78, 5) is 0.235. The number of benzene rings is 1. The number of aryl methyl sites for hydroxylation is 2. The molecule has 1 N–H and O–H groups in total. The van der Waals surface area contributed by atoms with Crippen molar-refractivity contribution in [2.75, 3.05) is 11.5 Å². The summed E-state index contributed by atoms with van der Waals surface area (Å²) < 4.78 is 51.0. The molecule has 0 spiro atoms. The summed E-state index contributed by atoms with van der Waals surface area (Å²) in [5.74, 6) is -0.0968. The van der Waals surface area contributed by atoms with Gasteiger partial charge in [-0.3, -0.25) is 0 Å². The topological polar surface area (TPSA) is 80.3 Å². The maximum atomic E-state index is 12.6. The molecular formula is C15H21NO4S2. The fourth-order valence-corrected chi connectivity index (χ4v) is 7.02. The third-order valence-corrected chi connectivity index (χ3v) is 8.05. The van der Waals surface area contributed by atoms with Crippen LogP contribution in [-0.4, -0.2) is 33.9 Å². The second-order valence-electron chi connectivity index (χ2n) is 6.65. The van der Waals surface area contributed by atoms with E-state index in [4.69, 9.17) is 0 Å². The fraction of sp³-hybridized carbons (Fsp3) is 0.600. The van der Waals surface area contributed by atoms with E-state index in [1.807, 2.05) is 6.07 Å². The van der Waals surface area contributed by atoms with Gasteiger partial charge in [-0.2, -0.15) is 0 Å². The van der Waals surface area contributed by atoms with Crippen molar-refractivity contribution < 1.29 is 16.8 Å². The molecule has 122 valence electrons. The summed E-state index contributed by atoms with van der Waals surface area (Å²) in [6.45, 7) is 1.66. The molecule has 1 aromatic carbocycles. The minimum Gasteiger partial charge on any atom is -0.229 e. The van der Waals surface area contributed by atoms with Crippen LogP contribution in [0.15, 0.2) is 23.1 Å². The average Bonchev–Trinajstić information content (AvgIpc) is 2.71.